The molecule has 1 aliphatic rings. The van der Waals surface area contributed by atoms with Crippen LogP contribution in [0.3, 0.4) is 0 Å². The topological polar surface area (TPSA) is 77.0 Å². The van der Waals surface area contributed by atoms with E-state index >= 15 is 0 Å². The molecular formula is C8H14ClN3O2. The highest BCUT2D eigenvalue weighted by atomic mass is 35.5. The van der Waals surface area contributed by atoms with Gasteiger partial charge in [-0.3, -0.25) is 4.79 Å². The average molecular weight is 220 g/mol. The van der Waals surface area contributed by atoms with Crippen LogP contribution in [0.15, 0.2) is 9.98 Å². The zero-order valence-corrected chi connectivity index (χ0v) is 9.17. The average Bonchev–Trinajstić information content (AvgIpc) is 2.02. The van der Waals surface area contributed by atoms with Gasteiger partial charge < -0.3 is 10.5 Å². The predicted octanol–water partition coefficient (Wildman–Crippen LogP) is 0.170. The van der Waals surface area contributed by atoms with E-state index in [0.717, 1.165) is 0 Å². The maximum absolute atomic E-state index is 11.2. The van der Waals surface area contributed by atoms with Crippen LogP contribution in [0.5, 0.6) is 0 Å². The quantitative estimate of drug-likeness (QED) is 0.719. The van der Waals surface area contributed by atoms with Gasteiger partial charge in [-0.2, -0.15) is 4.99 Å². The first-order chi connectivity index (χ1) is 5.95. The highest BCUT2D eigenvalue weighted by Crippen LogP contribution is 2.08. The van der Waals surface area contributed by atoms with E-state index in [2.05, 4.69) is 9.98 Å². The fraction of sp³-hybridized carbons (Fsp3) is 0.625. The van der Waals surface area contributed by atoms with Gasteiger partial charge in [0.1, 0.15) is 0 Å². The minimum atomic E-state index is -0.690. The van der Waals surface area contributed by atoms with E-state index in [-0.39, 0.29) is 18.3 Å². The molecule has 5 nitrogen and oxygen atoms in total. The van der Waals surface area contributed by atoms with E-state index in [1.54, 1.807) is 13.8 Å². The van der Waals surface area contributed by atoms with Crippen LogP contribution in [-0.2, 0) is 9.53 Å². The summed E-state index contributed by atoms with van der Waals surface area (Å²) < 4.78 is 4.82. The van der Waals surface area contributed by atoms with Gasteiger partial charge >= 0.3 is 0 Å². The highest BCUT2D eigenvalue weighted by molar-refractivity contribution is 6.13. The van der Waals surface area contributed by atoms with E-state index in [1.807, 2.05) is 0 Å². The Morgan fingerprint density at radius 1 is 1.57 bits per heavy atom. The van der Waals surface area contributed by atoms with Gasteiger partial charge in [0.15, 0.2) is 11.9 Å². The molecule has 1 atom stereocenters. The lowest BCUT2D eigenvalue weighted by molar-refractivity contribution is -0.123. The molecule has 80 valence electrons. The molecule has 1 aliphatic heterocycles. The monoisotopic (exact) mass is 219 g/mol. The van der Waals surface area contributed by atoms with E-state index in [0.29, 0.717) is 5.84 Å². The normalized spacial score (nSPS) is 21.6. The minimum absolute atomic E-state index is 0. The van der Waals surface area contributed by atoms with E-state index in [9.17, 15) is 4.79 Å². The Hall–Kier alpha value is -0.780. The molecule has 14 heavy (non-hydrogen) atoms. The maximum Gasteiger partial charge on any atom is 0.282 e. The van der Waals surface area contributed by atoms with E-state index < -0.39 is 11.6 Å². The van der Waals surface area contributed by atoms with Crippen molar-refractivity contribution in [1.82, 2.24) is 0 Å². The molecule has 6 heteroatoms. The van der Waals surface area contributed by atoms with Gasteiger partial charge in [-0.1, -0.05) is 0 Å². The number of nitrogens with two attached hydrogens (primary N) is 1. The smallest absolute Gasteiger partial charge is 0.282 e. The molecule has 0 spiro atoms. The fourth-order valence-electron chi connectivity index (χ4n) is 0.871. The highest BCUT2D eigenvalue weighted by Gasteiger charge is 2.26. The molecule has 0 radical (unpaired) electrons. The first-order valence-corrected chi connectivity index (χ1v) is 3.94. The number of rotatable bonds is 2. The van der Waals surface area contributed by atoms with Crippen molar-refractivity contribution in [3.63, 3.8) is 0 Å². The third kappa shape index (κ3) is 2.87. The molecule has 0 fully saturated rings. The van der Waals surface area contributed by atoms with Crippen molar-refractivity contribution in [2.75, 3.05) is 7.11 Å². The Labute approximate surface area is 88.8 Å². The van der Waals surface area contributed by atoms with Gasteiger partial charge in [0, 0.05) is 13.3 Å². The van der Waals surface area contributed by atoms with Crippen LogP contribution in [0.1, 0.15) is 13.8 Å². The number of aliphatic imine (C=N–C) groups is 2. The van der Waals surface area contributed by atoms with Crippen LogP contribution in [0, 0.1) is 0 Å². The van der Waals surface area contributed by atoms with Crippen LogP contribution >= 0.6 is 12.4 Å². The van der Waals surface area contributed by atoms with Crippen molar-refractivity contribution in [2.45, 2.75) is 25.5 Å². The van der Waals surface area contributed by atoms with Gasteiger partial charge in [0.2, 0.25) is 0 Å². The molecule has 1 unspecified atom stereocenters. The Balaban J connectivity index is 0.00000169. The number of amidine groups is 1. The first kappa shape index (κ1) is 13.2. The van der Waals surface area contributed by atoms with E-state index in [1.165, 1.54) is 13.3 Å². The minimum Gasteiger partial charge on any atom is -0.366 e. The van der Waals surface area contributed by atoms with Gasteiger partial charge in [-0.15, -0.1) is 12.4 Å². The Morgan fingerprint density at radius 3 is 2.50 bits per heavy atom. The lowest BCUT2D eigenvalue weighted by atomic mass is 10.1. The molecule has 1 amide bonds. The standard InChI is InChI=1S/C8H13N3O2.ClH/c1-8(2,9)7-10-4-5(13-3)6(12)11-7;/h4-5H,9H2,1-3H3;1H. The largest absolute Gasteiger partial charge is 0.366 e. The Morgan fingerprint density at radius 2 is 2.14 bits per heavy atom. The number of nitrogens with zero attached hydrogens (tertiary/aromatic N) is 2. The first-order valence-electron chi connectivity index (χ1n) is 3.94. The molecule has 0 saturated heterocycles. The lowest BCUT2D eigenvalue weighted by Gasteiger charge is -2.21. The summed E-state index contributed by atoms with van der Waals surface area (Å²) in [6.45, 7) is 3.48. The second kappa shape index (κ2) is 4.63. The van der Waals surface area contributed by atoms with Crippen molar-refractivity contribution < 1.29 is 9.53 Å². The molecule has 0 aliphatic carbocycles. The molecule has 0 aromatic rings. The predicted molar refractivity (Wildman–Crippen MR) is 57.2 cm³/mol. The van der Waals surface area contributed by atoms with Gasteiger partial charge in [-0.25, -0.2) is 4.99 Å². The number of hydrogen-bond donors (Lipinski definition) is 1. The van der Waals surface area contributed by atoms with Crippen LogP contribution < -0.4 is 5.73 Å². The zero-order chi connectivity index (χ0) is 10.1. The lowest BCUT2D eigenvalue weighted by Crippen LogP contribution is -2.44. The van der Waals surface area contributed by atoms with Crippen LogP contribution in [0.2, 0.25) is 0 Å². The van der Waals surface area contributed by atoms with Crippen molar-refractivity contribution >= 4 is 30.4 Å². The van der Waals surface area contributed by atoms with Gasteiger partial charge in [0.25, 0.3) is 5.91 Å². The summed E-state index contributed by atoms with van der Waals surface area (Å²) in [7, 11) is 1.43. The molecule has 0 aromatic carbocycles. The second-order valence-corrected chi connectivity index (χ2v) is 3.43. The fourth-order valence-corrected chi connectivity index (χ4v) is 0.871. The number of halogens is 1. The van der Waals surface area contributed by atoms with Crippen molar-refractivity contribution in [3.05, 3.63) is 0 Å². The van der Waals surface area contributed by atoms with Crippen LogP contribution in [0.25, 0.3) is 0 Å². The summed E-state index contributed by atoms with van der Waals surface area (Å²) in [5, 5.41) is 0. The zero-order valence-electron chi connectivity index (χ0n) is 8.35. The summed E-state index contributed by atoms with van der Waals surface area (Å²) >= 11 is 0. The summed E-state index contributed by atoms with van der Waals surface area (Å²) in [5.41, 5.74) is 5.03. The molecule has 0 saturated carbocycles. The Bertz CT molecular complexity index is 281. The van der Waals surface area contributed by atoms with Gasteiger partial charge in [0.05, 0.1) is 5.54 Å². The number of amides is 1. The molecule has 1 heterocycles. The maximum atomic E-state index is 11.2. The Kier molecular flexibility index (Phi) is 4.38. The number of carbonyl (C=O) groups is 1. The molecule has 0 bridgehead atoms. The van der Waals surface area contributed by atoms with Crippen molar-refractivity contribution in [3.8, 4) is 0 Å². The van der Waals surface area contributed by atoms with E-state index in [4.69, 9.17) is 10.5 Å². The summed E-state index contributed by atoms with van der Waals surface area (Å²) in [4.78, 5) is 18.9. The summed E-state index contributed by atoms with van der Waals surface area (Å²) in [6.07, 6.45) is 0.755. The van der Waals surface area contributed by atoms with Crippen LogP contribution in [0.4, 0.5) is 0 Å². The number of hydrogen-bond acceptors (Lipinski definition) is 4. The molecular weight excluding hydrogens is 206 g/mol. The van der Waals surface area contributed by atoms with Gasteiger partial charge in [-0.05, 0) is 13.8 Å². The van der Waals surface area contributed by atoms with Crippen molar-refractivity contribution in [1.29, 1.82) is 0 Å². The number of ether oxygens (including phenoxy) is 1. The third-order valence-electron chi connectivity index (χ3n) is 1.62. The number of methoxy groups -OCH3 is 1. The molecule has 1 rings (SSSR count). The van der Waals surface area contributed by atoms with Crippen molar-refractivity contribution in [2.24, 2.45) is 15.7 Å². The summed E-state index contributed by atoms with van der Waals surface area (Å²) in [5.74, 6) is -0.0168. The molecule has 0 aromatic heterocycles. The second-order valence-electron chi connectivity index (χ2n) is 3.43. The number of carbonyl (C=O) groups excluding carboxylic acids is 1. The SMILES string of the molecule is COC1C=NC(C(C)(C)N)=NC1=O.Cl. The summed E-state index contributed by atoms with van der Waals surface area (Å²) in [6, 6.07) is 0. The third-order valence-corrected chi connectivity index (χ3v) is 1.62. The van der Waals surface area contributed by atoms with Crippen LogP contribution in [-0.4, -0.2) is 36.7 Å². The molecule has 2 N–H and O–H groups in total.